The fraction of sp³-hybridized carbons (Fsp3) is 0.769. The first-order chi connectivity index (χ1) is 10.5. The Labute approximate surface area is 132 Å². The lowest BCUT2D eigenvalue weighted by Gasteiger charge is -2.16. The highest BCUT2D eigenvalue weighted by Gasteiger charge is 2.50. The van der Waals surface area contributed by atoms with Gasteiger partial charge in [0.15, 0.2) is 12.2 Å². The molecule has 0 aromatic heterocycles. The van der Waals surface area contributed by atoms with E-state index in [1.165, 1.54) is 6.92 Å². The fourth-order valence-electron chi connectivity index (χ4n) is 2.38. The van der Waals surface area contributed by atoms with Crippen LogP contribution in [0.5, 0.6) is 0 Å². The molecule has 23 heavy (non-hydrogen) atoms. The van der Waals surface area contributed by atoms with Crippen molar-refractivity contribution in [2.45, 2.75) is 51.6 Å². The Hall–Kier alpha value is -2.16. The van der Waals surface area contributed by atoms with Crippen LogP contribution in [-0.2, 0) is 33.3 Å². The molecule has 0 saturated carbocycles. The van der Waals surface area contributed by atoms with Crippen molar-refractivity contribution in [1.29, 1.82) is 0 Å². The number of hydrogen-bond donors (Lipinski definition) is 0. The highest BCUT2D eigenvalue weighted by atomic mass is 16.7. The molecule has 0 aliphatic carbocycles. The Morgan fingerprint density at radius 3 is 2.22 bits per heavy atom. The standard InChI is InChI=1S/C12H15N3O7.CH4/c1-6(16)21-7-4-19-12-8(5-20-11(7)12)22-10(18)3-2-9(17)14-15-13;/h7-8,11-12H,2-5H2,1H3;1H4/t7-,8-,11-,12-;/m1./s1. The van der Waals surface area contributed by atoms with Gasteiger partial charge in [0.1, 0.15) is 12.2 Å². The van der Waals surface area contributed by atoms with E-state index in [0.29, 0.717) is 0 Å². The normalized spacial score (nSPS) is 28.0. The molecule has 2 aliphatic rings. The maximum absolute atomic E-state index is 11.6. The fourth-order valence-corrected chi connectivity index (χ4v) is 2.38. The second kappa shape index (κ2) is 8.47. The van der Waals surface area contributed by atoms with Gasteiger partial charge in [0.05, 0.1) is 19.6 Å². The topological polar surface area (TPSA) is 137 Å². The van der Waals surface area contributed by atoms with Crippen molar-refractivity contribution in [2.24, 2.45) is 5.11 Å². The Bertz CT molecular complexity index is 518. The third-order valence-electron chi connectivity index (χ3n) is 3.26. The first-order valence-electron chi connectivity index (χ1n) is 6.69. The molecule has 0 radical (unpaired) electrons. The number of fused-ring (bicyclic) bond motifs is 1. The molecule has 2 saturated heterocycles. The van der Waals surface area contributed by atoms with E-state index in [1.54, 1.807) is 0 Å². The van der Waals surface area contributed by atoms with Crippen LogP contribution in [0.3, 0.4) is 0 Å². The molecule has 0 spiro atoms. The van der Waals surface area contributed by atoms with E-state index >= 15 is 0 Å². The molecule has 0 bridgehead atoms. The second-order valence-corrected chi connectivity index (χ2v) is 4.86. The number of hydrogen-bond acceptors (Lipinski definition) is 7. The van der Waals surface area contributed by atoms with Crippen LogP contribution in [0.2, 0.25) is 0 Å². The van der Waals surface area contributed by atoms with Crippen molar-refractivity contribution in [2.75, 3.05) is 13.2 Å². The van der Waals surface area contributed by atoms with Gasteiger partial charge in [0, 0.05) is 18.3 Å². The number of carbonyl (C=O) groups excluding carboxylic acids is 3. The summed E-state index contributed by atoms with van der Waals surface area (Å²) in [6, 6.07) is 0. The molecule has 0 unspecified atom stereocenters. The third kappa shape index (κ3) is 4.92. The van der Waals surface area contributed by atoms with Crippen LogP contribution in [0.1, 0.15) is 27.2 Å². The van der Waals surface area contributed by atoms with Crippen LogP contribution in [-0.4, -0.2) is 55.5 Å². The molecule has 1 amide bonds. The lowest BCUT2D eigenvalue weighted by Crippen LogP contribution is -2.35. The van der Waals surface area contributed by atoms with Gasteiger partial charge in [-0.15, -0.1) is 0 Å². The van der Waals surface area contributed by atoms with Crippen molar-refractivity contribution >= 4 is 17.8 Å². The number of azide groups is 1. The first-order valence-corrected chi connectivity index (χ1v) is 6.69. The summed E-state index contributed by atoms with van der Waals surface area (Å²) in [6.45, 7) is 1.60. The minimum absolute atomic E-state index is 0. The largest absolute Gasteiger partial charge is 0.457 e. The summed E-state index contributed by atoms with van der Waals surface area (Å²) in [7, 11) is 0. The summed E-state index contributed by atoms with van der Waals surface area (Å²) in [6.07, 6.45) is -2.52. The molecule has 0 N–H and O–H groups in total. The predicted molar refractivity (Wildman–Crippen MR) is 75.0 cm³/mol. The van der Waals surface area contributed by atoms with Gasteiger partial charge in [-0.2, -0.15) is 0 Å². The predicted octanol–water partition coefficient (Wildman–Crippen LogP) is 0.881. The summed E-state index contributed by atoms with van der Waals surface area (Å²) in [5.74, 6) is -1.78. The molecule has 2 rings (SSSR count). The summed E-state index contributed by atoms with van der Waals surface area (Å²) >= 11 is 0. The van der Waals surface area contributed by atoms with Crippen LogP contribution >= 0.6 is 0 Å². The monoisotopic (exact) mass is 329 g/mol. The van der Waals surface area contributed by atoms with Crippen molar-refractivity contribution < 1.29 is 33.3 Å². The number of ether oxygens (including phenoxy) is 4. The van der Waals surface area contributed by atoms with Crippen LogP contribution in [0.25, 0.3) is 10.4 Å². The number of nitrogens with zero attached hydrogens (tertiary/aromatic N) is 3. The first kappa shape index (κ1) is 18.9. The molecule has 10 nitrogen and oxygen atoms in total. The Balaban J connectivity index is 0.00000264. The van der Waals surface area contributed by atoms with Gasteiger partial charge in [-0.3, -0.25) is 14.4 Å². The quantitative estimate of drug-likeness (QED) is 0.316. The molecule has 2 fully saturated rings. The van der Waals surface area contributed by atoms with Crippen molar-refractivity contribution in [3.8, 4) is 0 Å². The molecular formula is C13H19N3O7. The van der Waals surface area contributed by atoms with E-state index in [2.05, 4.69) is 10.0 Å². The highest BCUT2D eigenvalue weighted by molar-refractivity contribution is 5.81. The van der Waals surface area contributed by atoms with Crippen LogP contribution in [0, 0.1) is 0 Å². The molecule has 2 heterocycles. The number of rotatable bonds is 5. The summed E-state index contributed by atoms with van der Waals surface area (Å²) < 4.78 is 21.2. The lowest BCUT2D eigenvalue weighted by molar-refractivity contribution is -0.155. The van der Waals surface area contributed by atoms with E-state index in [4.69, 9.17) is 24.5 Å². The van der Waals surface area contributed by atoms with E-state index < -0.39 is 42.3 Å². The number of esters is 2. The Morgan fingerprint density at radius 1 is 1.13 bits per heavy atom. The number of amides is 1. The van der Waals surface area contributed by atoms with Crippen molar-refractivity contribution in [3.63, 3.8) is 0 Å². The van der Waals surface area contributed by atoms with Crippen LogP contribution in [0.4, 0.5) is 0 Å². The smallest absolute Gasteiger partial charge is 0.306 e. The van der Waals surface area contributed by atoms with Crippen LogP contribution in [0.15, 0.2) is 5.11 Å². The van der Waals surface area contributed by atoms with Gasteiger partial charge in [-0.25, -0.2) is 0 Å². The Kier molecular flexibility index (Phi) is 6.95. The Morgan fingerprint density at radius 2 is 1.70 bits per heavy atom. The molecule has 0 aromatic rings. The van der Waals surface area contributed by atoms with E-state index in [1.807, 2.05) is 0 Å². The van der Waals surface area contributed by atoms with Gasteiger partial charge in [-0.1, -0.05) is 7.43 Å². The molecule has 2 aliphatic heterocycles. The van der Waals surface area contributed by atoms with Crippen LogP contribution < -0.4 is 0 Å². The molecule has 10 heteroatoms. The molecule has 128 valence electrons. The molecular weight excluding hydrogens is 310 g/mol. The summed E-state index contributed by atoms with van der Waals surface area (Å²) in [4.78, 5) is 35.9. The lowest BCUT2D eigenvalue weighted by atomic mass is 10.1. The van der Waals surface area contributed by atoms with E-state index in [0.717, 1.165) is 0 Å². The number of carbonyl (C=O) groups is 3. The maximum Gasteiger partial charge on any atom is 0.306 e. The average molecular weight is 329 g/mol. The average Bonchev–Trinajstić information content (AvgIpc) is 3.01. The molecule has 4 atom stereocenters. The van der Waals surface area contributed by atoms with Crippen molar-refractivity contribution in [3.05, 3.63) is 10.4 Å². The summed E-state index contributed by atoms with van der Waals surface area (Å²) in [5, 5.41) is 2.86. The zero-order valence-electron chi connectivity index (χ0n) is 11.8. The van der Waals surface area contributed by atoms with E-state index in [9.17, 15) is 14.4 Å². The zero-order chi connectivity index (χ0) is 16.1. The van der Waals surface area contributed by atoms with Gasteiger partial charge in [0.2, 0.25) is 5.91 Å². The SMILES string of the molecule is C.CC(=O)O[C@@H]1CO[C@H]2[C@@H]1OC[C@H]2OC(=O)CCC(=O)N=[N+]=[N-]. The van der Waals surface area contributed by atoms with Gasteiger partial charge < -0.3 is 18.9 Å². The van der Waals surface area contributed by atoms with Gasteiger partial charge in [0.25, 0.3) is 0 Å². The third-order valence-corrected chi connectivity index (χ3v) is 3.26. The maximum atomic E-state index is 11.6. The van der Waals surface area contributed by atoms with Gasteiger partial charge >= 0.3 is 11.9 Å². The second-order valence-electron chi connectivity index (χ2n) is 4.86. The zero-order valence-corrected chi connectivity index (χ0v) is 11.8. The summed E-state index contributed by atoms with van der Waals surface area (Å²) in [5.41, 5.74) is 8.07. The van der Waals surface area contributed by atoms with E-state index in [-0.39, 0.29) is 33.5 Å². The minimum atomic E-state index is -0.730. The highest BCUT2D eigenvalue weighted by Crippen LogP contribution is 2.30. The molecule has 0 aromatic carbocycles. The van der Waals surface area contributed by atoms with Crippen molar-refractivity contribution in [1.82, 2.24) is 0 Å². The van der Waals surface area contributed by atoms with Gasteiger partial charge in [-0.05, 0) is 10.6 Å². The minimum Gasteiger partial charge on any atom is -0.457 e.